The maximum Gasteiger partial charge on any atom is 0.208 e. The molecule has 0 atom stereocenters. The van der Waals surface area contributed by atoms with Gasteiger partial charge < -0.3 is 0 Å². The second-order valence-electron chi connectivity index (χ2n) is 2.23. The molecule has 1 radical (unpaired) electrons. The summed E-state index contributed by atoms with van der Waals surface area (Å²) in [6.07, 6.45) is 1.22. The molecule has 0 bridgehead atoms. The fourth-order valence-electron chi connectivity index (χ4n) is 0.982. The molecule has 53 valence electrons. The average Bonchev–Trinajstić information content (AvgIpc) is 2.06. The smallest absolute Gasteiger partial charge is 0.208 e. The molecule has 0 amide bonds. The number of nitrogens with zero attached hydrogens (tertiary/aromatic N) is 2. The van der Waals surface area contributed by atoms with Crippen molar-refractivity contribution >= 4 is 17.7 Å². The Kier molecular flexibility index (Phi) is 1.22. The van der Waals surface area contributed by atoms with Gasteiger partial charge in [0, 0.05) is 0 Å². The van der Waals surface area contributed by atoms with Gasteiger partial charge in [0.15, 0.2) is 0 Å². The van der Waals surface area contributed by atoms with E-state index in [1.165, 1.54) is 6.21 Å². The summed E-state index contributed by atoms with van der Waals surface area (Å²) in [5, 5.41) is 3.55. The van der Waals surface area contributed by atoms with E-state index in [4.69, 9.17) is 0 Å². The van der Waals surface area contributed by atoms with Crippen molar-refractivity contribution in [1.82, 2.24) is 5.43 Å². The van der Waals surface area contributed by atoms with E-state index >= 15 is 0 Å². The summed E-state index contributed by atoms with van der Waals surface area (Å²) in [7, 11) is 0. The van der Waals surface area contributed by atoms with Gasteiger partial charge in [-0.05, 0) is 12.1 Å². The van der Waals surface area contributed by atoms with Crippen LogP contribution >= 0.6 is 0 Å². The molecule has 11 heavy (non-hydrogen) atoms. The van der Waals surface area contributed by atoms with Crippen LogP contribution in [0.5, 0.6) is 0 Å². The van der Waals surface area contributed by atoms with Gasteiger partial charge in [0.1, 0.15) is 0 Å². The second-order valence-corrected chi connectivity index (χ2v) is 2.23. The monoisotopic (exact) mass is 145 g/mol. The lowest BCUT2D eigenvalue weighted by molar-refractivity contribution is 0.106. The molecule has 1 aliphatic heterocycles. The van der Waals surface area contributed by atoms with Gasteiger partial charge in [0.05, 0.1) is 17.5 Å². The van der Waals surface area contributed by atoms with Crippen LogP contribution in [0.15, 0.2) is 29.4 Å². The third kappa shape index (κ3) is 0.902. The Morgan fingerprint density at radius 1 is 1.18 bits per heavy atom. The first-order valence-corrected chi connectivity index (χ1v) is 3.25. The van der Waals surface area contributed by atoms with E-state index in [0.717, 1.165) is 0 Å². The van der Waals surface area contributed by atoms with Gasteiger partial charge in [-0.3, -0.25) is 4.79 Å². The number of carbonyl (C=O) groups excluding carboxylic acids is 1. The van der Waals surface area contributed by atoms with Gasteiger partial charge in [-0.2, -0.15) is 10.5 Å². The first kappa shape index (κ1) is 6.09. The van der Waals surface area contributed by atoms with Crippen LogP contribution in [0.2, 0.25) is 0 Å². The zero-order valence-corrected chi connectivity index (χ0v) is 5.69. The summed E-state index contributed by atoms with van der Waals surface area (Å²) in [5.74, 6) is -0.0735. The van der Waals surface area contributed by atoms with Crippen LogP contribution in [0.1, 0.15) is 10.4 Å². The number of rotatable bonds is 0. The Labute approximate surface area is 63.7 Å². The van der Waals surface area contributed by atoms with E-state index in [1.54, 1.807) is 12.1 Å². The lowest BCUT2D eigenvalue weighted by Crippen LogP contribution is -2.10. The highest BCUT2D eigenvalue weighted by Gasteiger charge is 2.12. The van der Waals surface area contributed by atoms with E-state index < -0.39 is 0 Å². The molecular formula is C8H5N2O. The third-order valence-corrected chi connectivity index (χ3v) is 1.51. The van der Waals surface area contributed by atoms with E-state index in [-0.39, 0.29) is 5.78 Å². The summed E-state index contributed by atoms with van der Waals surface area (Å²) in [4.78, 5) is 11.1. The highest BCUT2D eigenvalue weighted by atomic mass is 16.1. The summed E-state index contributed by atoms with van der Waals surface area (Å²) in [6.45, 7) is 0. The summed E-state index contributed by atoms with van der Waals surface area (Å²) in [5.41, 5.74) is 5.07. The van der Waals surface area contributed by atoms with Crippen molar-refractivity contribution in [3.05, 3.63) is 29.8 Å². The predicted octanol–water partition coefficient (Wildman–Crippen LogP) is 1.10. The third-order valence-electron chi connectivity index (χ3n) is 1.51. The number of fused-ring (bicyclic) bond motifs is 1. The van der Waals surface area contributed by atoms with Gasteiger partial charge >= 0.3 is 0 Å². The number of ketones is 1. The van der Waals surface area contributed by atoms with Crippen molar-refractivity contribution in [2.75, 3.05) is 0 Å². The van der Waals surface area contributed by atoms with Crippen LogP contribution in [0.4, 0.5) is 5.69 Å². The maximum absolute atomic E-state index is 11.1. The molecule has 3 heteroatoms. The molecule has 0 aliphatic carbocycles. The Morgan fingerprint density at radius 2 is 2.00 bits per heavy atom. The highest BCUT2D eigenvalue weighted by Crippen LogP contribution is 2.17. The normalized spacial score (nSPS) is 14.0. The Hall–Kier alpha value is -1.64. The molecule has 0 N–H and O–H groups in total. The van der Waals surface area contributed by atoms with Crippen molar-refractivity contribution in [3.63, 3.8) is 0 Å². The Bertz CT molecular complexity index is 331. The summed E-state index contributed by atoms with van der Waals surface area (Å²) in [6, 6.07) is 7.15. The number of hydrogen-bond donors (Lipinski definition) is 0. The number of hydrogen-bond acceptors (Lipinski definition) is 2. The maximum atomic E-state index is 11.1. The molecule has 0 fully saturated rings. The summed E-state index contributed by atoms with van der Waals surface area (Å²) >= 11 is 0. The van der Waals surface area contributed by atoms with Crippen LogP contribution in [0.3, 0.4) is 0 Å². The topological polar surface area (TPSA) is 43.5 Å². The fraction of sp³-hybridized carbons (Fsp3) is 0. The Morgan fingerprint density at radius 3 is 2.82 bits per heavy atom. The van der Waals surface area contributed by atoms with E-state index in [1.807, 2.05) is 12.1 Å². The highest BCUT2D eigenvalue weighted by molar-refractivity contribution is 6.37. The van der Waals surface area contributed by atoms with Crippen LogP contribution in [-0.4, -0.2) is 12.0 Å². The largest absolute Gasteiger partial charge is 0.287 e. The van der Waals surface area contributed by atoms with Gasteiger partial charge in [-0.1, -0.05) is 12.1 Å². The number of Topliss-reactive ketones (excluding diaryl/α,β-unsaturated/α-hetero) is 1. The lowest BCUT2D eigenvalue weighted by Gasteiger charge is -2.05. The van der Waals surface area contributed by atoms with Gasteiger partial charge in [-0.15, -0.1) is 0 Å². The van der Waals surface area contributed by atoms with Crippen molar-refractivity contribution in [2.45, 2.75) is 0 Å². The van der Waals surface area contributed by atoms with E-state index in [0.29, 0.717) is 11.3 Å². The summed E-state index contributed by atoms with van der Waals surface area (Å²) < 4.78 is 0. The molecule has 1 aromatic carbocycles. The molecule has 0 saturated heterocycles. The molecule has 1 aromatic rings. The predicted molar refractivity (Wildman–Crippen MR) is 41.1 cm³/mol. The molecule has 0 unspecified atom stereocenters. The Balaban J connectivity index is 2.59. The van der Waals surface area contributed by atoms with Crippen LogP contribution in [-0.2, 0) is 0 Å². The molecule has 0 aromatic heterocycles. The van der Waals surface area contributed by atoms with E-state index in [9.17, 15) is 4.79 Å². The van der Waals surface area contributed by atoms with Crippen LogP contribution in [0, 0.1) is 0 Å². The van der Waals surface area contributed by atoms with Crippen LogP contribution < -0.4 is 5.43 Å². The zero-order chi connectivity index (χ0) is 7.68. The lowest BCUT2D eigenvalue weighted by atomic mass is 10.1. The SMILES string of the molecule is O=C1C=N[N]c2ccccc21. The van der Waals surface area contributed by atoms with Crippen LogP contribution in [0.25, 0.3) is 0 Å². The molecule has 1 heterocycles. The number of carbonyl (C=O) groups is 1. The molecular weight excluding hydrogens is 140 g/mol. The van der Waals surface area contributed by atoms with Crippen molar-refractivity contribution in [1.29, 1.82) is 0 Å². The quantitative estimate of drug-likeness (QED) is 0.539. The number of benzene rings is 1. The van der Waals surface area contributed by atoms with Gasteiger partial charge in [0.25, 0.3) is 0 Å². The average molecular weight is 145 g/mol. The molecule has 2 rings (SSSR count). The zero-order valence-electron chi connectivity index (χ0n) is 5.69. The molecule has 3 nitrogen and oxygen atoms in total. The fourth-order valence-corrected chi connectivity index (χ4v) is 0.982. The standard InChI is InChI=1S/C8H5N2O/c11-8-5-9-10-7-4-2-1-3-6(7)8/h1-5H. The first-order chi connectivity index (χ1) is 5.38. The minimum atomic E-state index is -0.0735. The molecule has 0 spiro atoms. The van der Waals surface area contributed by atoms with Gasteiger partial charge in [0.2, 0.25) is 5.78 Å². The van der Waals surface area contributed by atoms with Crippen molar-refractivity contribution in [2.24, 2.45) is 5.10 Å². The van der Waals surface area contributed by atoms with Crippen molar-refractivity contribution < 1.29 is 4.79 Å². The minimum absolute atomic E-state index is 0.0735. The van der Waals surface area contributed by atoms with Crippen molar-refractivity contribution in [3.8, 4) is 0 Å². The molecule has 1 aliphatic rings. The minimum Gasteiger partial charge on any atom is -0.287 e. The first-order valence-electron chi connectivity index (χ1n) is 3.25. The second kappa shape index (κ2) is 2.20. The van der Waals surface area contributed by atoms with E-state index in [2.05, 4.69) is 10.5 Å². The molecule has 0 saturated carbocycles. The van der Waals surface area contributed by atoms with Gasteiger partial charge in [-0.25, -0.2) is 0 Å².